The molecule has 4 rings (SSSR count). The molecule has 148 valence electrons. The van der Waals surface area contributed by atoms with Gasteiger partial charge in [0, 0.05) is 21.6 Å². The molecular formula is C24H16O5S. The van der Waals surface area contributed by atoms with Gasteiger partial charge in [-0.15, -0.1) is 11.3 Å². The van der Waals surface area contributed by atoms with Crippen LogP contribution < -0.4 is 0 Å². The number of hydrogen-bond donors (Lipinski definition) is 3. The highest BCUT2D eigenvalue weighted by molar-refractivity contribution is 7.14. The van der Waals surface area contributed by atoms with Crippen molar-refractivity contribution >= 4 is 23.1 Å². The van der Waals surface area contributed by atoms with Crippen molar-refractivity contribution in [3.8, 4) is 33.1 Å². The Hall–Kier alpha value is -3.90. The number of carbonyl (C=O) groups excluding carboxylic acids is 1. The maximum atomic E-state index is 13.1. The molecule has 0 fully saturated rings. The molecule has 0 aliphatic heterocycles. The minimum Gasteiger partial charge on any atom is -0.508 e. The van der Waals surface area contributed by atoms with Gasteiger partial charge in [-0.2, -0.15) is 0 Å². The van der Waals surface area contributed by atoms with Gasteiger partial charge < -0.3 is 15.3 Å². The first kappa shape index (κ1) is 19.4. The van der Waals surface area contributed by atoms with E-state index < -0.39 is 5.97 Å². The van der Waals surface area contributed by atoms with E-state index in [0.29, 0.717) is 21.6 Å². The van der Waals surface area contributed by atoms with Crippen molar-refractivity contribution < 1.29 is 24.9 Å². The minimum atomic E-state index is -1.06. The summed E-state index contributed by atoms with van der Waals surface area (Å²) in [5, 5.41) is 31.0. The van der Waals surface area contributed by atoms with E-state index in [1.54, 1.807) is 47.8 Å². The van der Waals surface area contributed by atoms with Crippen LogP contribution in [0.4, 0.5) is 0 Å². The molecule has 0 atom stereocenters. The lowest BCUT2D eigenvalue weighted by atomic mass is 9.94. The van der Waals surface area contributed by atoms with Crippen LogP contribution in [-0.2, 0) is 0 Å². The van der Waals surface area contributed by atoms with E-state index in [-0.39, 0.29) is 22.8 Å². The molecule has 0 radical (unpaired) electrons. The van der Waals surface area contributed by atoms with Gasteiger partial charge in [0.25, 0.3) is 0 Å². The van der Waals surface area contributed by atoms with Gasteiger partial charge in [-0.05, 0) is 52.9 Å². The SMILES string of the molecule is O=C(O)c1ccc(C(=O)c2ccsc2-c2c(O)cccc2-c2ccc(O)cc2)cc1. The van der Waals surface area contributed by atoms with Crippen molar-refractivity contribution in [2.75, 3.05) is 0 Å². The number of phenols is 2. The average molecular weight is 416 g/mol. The van der Waals surface area contributed by atoms with Crippen molar-refractivity contribution in [3.63, 3.8) is 0 Å². The topological polar surface area (TPSA) is 94.8 Å². The first-order valence-corrected chi connectivity index (χ1v) is 9.91. The van der Waals surface area contributed by atoms with Crippen molar-refractivity contribution in [2.24, 2.45) is 0 Å². The summed E-state index contributed by atoms with van der Waals surface area (Å²) in [6, 6.07) is 19.2. The fraction of sp³-hybridized carbons (Fsp3) is 0. The second-order valence-electron chi connectivity index (χ2n) is 6.62. The lowest BCUT2D eigenvalue weighted by molar-refractivity contribution is 0.0696. The van der Waals surface area contributed by atoms with Gasteiger partial charge in [-0.25, -0.2) is 4.79 Å². The van der Waals surface area contributed by atoms with Crippen LogP contribution in [0, 0.1) is 0 Å². The Morgan fingerprint density at radius 1 is 0.767 bits per heavy atom. The maximum Gasteiger partial charge on any atom is 0.335 e. The number of ketones is 1. The fourth-order valence-corrected chi connectivity index (χ4v) is 4.22. The summed E-state index contributed by atoms with van der Waals surface area (Å²) in [7, 11) is 0. The van der Waals surface area contributed by atoms with Crippen LogP contribution in [0.1, 0.15) is 26.3 Å². The molecule has 3 aromatic carbocycles. The Morgan fingerprint density at radius 3 is 2.10 bits per heavy atom. The number of thiophene rings is 1. The Balaban J connectivity index is 1.81. The Bertz CT molecular complexity index is 1240. The molecule has 1 aromatic heterocycles. The normalized spacial score (nSPS) is 10.7. The number of carboxylic acid groups (broad SMARTS) is 1. The van der Waals surface area contributed by atoms with Crippen LogP contribution in [0.2, 0.25) is 0 Å². The fourth-order valence-electron chi connectivity index (χ4n) is 3.26. The minimum absolute atomic E-state index is 0.0401. The molecule has 0 amide bonds. The summed E-state index contributed by atoms with van der Waals surface area (Å²) in [4.78, 5) is 24.8. The molecule has 0 bridgehead atoms. The third kappa shape index (κ3) is 3.56. The van der Waals surface area contributed by atoms with E-state index in [2.05, 4.69) is 0 Å². The second kappa shape index (κ2) is 7.85. The van der Waals surface area contributed by atoms with Gasteiger partial charge in [0.05, 0.1) is 5.56 Å². The zero-order chi connectivity index (χ0) is 21.3. The maximum absolute atomic E-state index is 13.1. The van der Waals surface area contributed by atoms with Gasteiger partial charge in [-0.1, -0.05) is 36.4 Å². The molecule has 30 heavy (non-hydrogen) atoms. The summed E-state index contributed by atoms with van der Waals surface area (Å²) >= 11 is 1.34. The van der Waals surface area contributed by atoms with E-state index in [1.807, 2.05) is 6.07 Å². The molecule has 3 N–H and O–H groups in total. The highest BCUT2D eigenvalue weighted by Gasteiger charge is 2.21. The Labute approximate surface area is 176 Å². The van der Waals surface area contributed by atoms with Crippen molar-refractivity contribution in [2.45, 2.75) is 0 Å². The van der Waals surface area contributed by atoms with Crippen LogP contribution in [0.25, 0.3) is 21.6 Å². The van der Waals surface area contributed by atoms with Crippen LogP contribution in [-0.4, -0.2) is 27.1 Å². The van der Waals surface area contributed by atoms with Crippen molar-refractivity contribution in [1.82, 2.24) is 0 Å². The Kier molecular flexibility index (Phi) is 5.08. The van der Waals surface area contributed by atoms with E-state index in [4.69, 9.17) is 5.11 Å². The summed E-state index contributed by atoms with van der Waals surface area (Å²) < 4.78 is 0. The first-order valence-electron chi connectivity index (χ1n) is 9.03. The Morgan fingerprint density at radius 2 is 1.43 bits per heavy atom. The molecule has 0 aliphatic rings. The van der Waals surface area contributed by atoms with Crippen LogP contribution in [0.5, 0.6) is 11.5 Å². The molecular weight excluding hydrogens is 400 g/mol. The zero-order valence-electron chi connectivity index (χ0n) is 15.6. The largest absolute Gasteiger partial charge is 0.508 e. The third-order valence-electron chi connectivity index (χ3n) is 4.75. The van der Waals surface area contributed by atoms with E-state index in [0.717, 1.165) is 11.1 Å². The number of carbonyl (C=O) groups is 2. The van der Waals surface area contributed by atoms with Crippen molar-refractivity contribution in [1.29, 1.82) is 0 Å². The van der Waals surface area contributed by atoms with Gasteiger partial charge in [0.15, 0.2) is 5.78 Å². The lowest BCUT2D eigenvalue weighted by Gasteiger charge is -2.13. The number of rotatable bonds is 5. The third-order valence-corrected chi connectivity index (χ3v) is 5.68. The first-order chi connectivity index (χ1) is 14.5. The molecule has 5 nitrogen and oxygen atoms in total. The predicted octanol–water partition coefficient (Wildman–Crippen LogP) is 5.42. The molecule has 4 aromatic rings. The smallest absolute Gasteiger partial charge is 0.335 e. The highest BCUT2D eigenvalue weighted by Crippen LogP contribution is 2.43. The molecule has 0 spiro atoms. The second-order valence-corrected chi connectivity index (χ2v) is 7.54. The number of benzene rings is 3. The molecule has 0 saturated carbocycles. The number of carboxylic acids is 1. The van der Waals surface area contributed by atoms with Gasteiger partial charge in [0.2, 0.25) is 0 Å². The van der Waals surface area contributed by atoms with Gasteiger partial charge in [-0.3, -0.25) is 4.79 Å². The lowest BCUT2D eigenvalue weighted by Crippen LogP contribution is -2.03. The number of hydrogen-bond acceptors (Lipinski definition) is 5. The monoisotopic (exact) mass is 416 g/mol. The van der Waals surface area contributed by atoms with Crippen LogP contribution in [0.15, 0.2) is 78.2 Å². The van der Waals surface area contributed by atoms with E-state index in [9.17, 15) is 19.8 Å². The summed E-state index contributed by atoms with van der Waals surface area (Å²) in [6.07, 6.45) is 0. The number of aromatic hydroxyl groups is 2. The van der Waals surface area contributed by atoms with Gasteiger partial charge in [0.1, 0.15) is 11.5 Å². The van der Waals surface area contributed by atoms with E-state index in [1.165, 1.54) is 35.6 Å². The zero-order valence-corrected chi connectivity index (χ0v) is 16.4. The number of aromatic carboxylic acids is 1. The molecule has 6 heteroatoms. The highest BCUT2D eigenvalue weighted by atomic mass is 32.1. The van der Waals surface area contributed by atoms with Crippen LogP contribution in [0.3, 0.4) is 0 Å². The molecule has 0 unspecified atom stereocenters. The predicted molar refractivity (Wildman–Crippen MR) is 115 cm³/mol. The summed E-state index contributed by atoms with van der Waals surface area (Å²) in [6.45, 7) is 0. The van der Waals surface area contributed by atoms with Gasteiger partial charge >= 0.3 is 5.97 Å². The molecule has 0 saturated heterocycles. The summed E-state index contributed by atoms with van der Waals surface area (Å²) in [5.74, 6) is -1.14. The molecule has 0 aliphatic carbocycles. The average Bonchev–Trinajstić information content (AvgIpc) is 3.23. The summed E-state index contributed by atoms with van der Waals surface area (Å²) in [5.41, 5.74) is 2.94. The number of phenolic OH excluding ortho intramolecular Hbond substituents is 2. The van der Waals surface area contributed by atoms with E-state index >= 15 is 0 Å². The van der Waals surface area contributed by atoms with Crippen LogP contribution >= 0.6 is 11.3 Å². The quantitative estimate of drug-likeness (QED) is 0.378. The standard InChI is InChI=1S/C24H16O5S/c25-17-10-8-14(9-11-17)18-2-1-3-20(26)21(18)23-19(12-13-30-23)22(27)15-4-6-16(7-5-15)24(28)29/h1-13,25-26H,(H,28,29). The molecule has 1 heterocycles. The van der Waals surface area contributed by atoms with Crippen molar-refractivity contribution in [3.05, 3.63) is 94.9 Å².